The zero-order valence-electron chi connectivity index (χ0n) is 9.95. The summed E-state index contributed by atoms with van der Waals surface area (Å²) in [5.74, 6) is -1.12. The van der Waals surface area contributed by atoms with E-state index in [2.05, 4.69) is 5.16 Å². The van der Waals surface area contributed by atoms with Gasteiger partial charge in [0.25, 0.3) is 0 Å². The summed E-state index contributed by atoms with van der Waals surface area (Å²) in [6.45, 7) is 1.86. The number of ether oxygens (including phenoxy) is 1. The van der Waals surface area contributed by atoms with Crippen LogP contribution in [0.2, 0.25) is 0 Å². The molecule has 0 amide bonds. The van der Waals surface area contributed by atoms with Gasteiger partial charge in [-0.2, -0.15) is 0 Å². The molecule has 0 unspecified atom stereocenters. The molecule has 2 rings (SSSR count). The molecule has 1 aromatic heterocycles. The van der Waals surface area contributed by atoms with E-state index in [0.29, 0.717) is 0 Å². The van der Waals surface area contributed by atoms with Crippen molar-refractivity contribution >= 4 is 22.6 Å². The van der Waals surface area contributed by atoms with Crippen LogP contribution in [0.5, 0.6) is 5.75 Å². The van der Waals surface area contributed by atoms with Gasteiger partial charge in [-0.15, -0.1) is 0 Å². The predicted octanol–water partition coefficient (Wildman–Crippen LogP) is 1.55. The van der Waals surface area contributed by atoms with Gasteiger partial charge in [0.15, 0.2) is 5.58 Å². The number of fused-ring (bicyclic) bond motifs is 1. The minimum absolute atomic E-state index is 0.0576. The molecule has 1 heterocycles. The number of carbonyl (C=O) groups is 1. The average molecular weight is 266 g/mol. The van der Waals surface area contributed by atoms with Crippen molar-refractivity contribution in [2.24, 2.45) is 0 Å². The molecule has 0 spiro atoms. The number of nitrogens with zero attached hydrogens (tertiary/aromatic N) is 2. The number of nitro benzene ring substituents is 1. The van der Waals surface area contributed by atoms with Gasteiger partial charge in [0.1, 0.15) is 5.69 Å². The van der Waals surface area contributed by atoms with Crippen molar-refractivity contribution in [3.05, 3.63) is 27.9 Å². The quantitative estimate of drug-likeness (QED) is 0.507. The van der Waals surface area contributed by atoms with Gasteiger partial charge in [0.05, 0.1) is 23.3 Å². The number of carbonyl (C=O) groups excluding carboxylic acids is 1. The molecule has 0 saturated carbocycles. The third-order valence-corrected chi connectivity index (χ3v) is 2.47. The van der Waals surface area contributed by atoms with Gasteiger partial charge in [0.2, 0.25) is 5.75 Å². The number of phenolic OH excluding ortho intramolecular Hbond substituents is 1. The standard InChI is InChI=1S/C11H10N2O6/c1-2-18-9(14)5-6-10-8(19-12-6)4-3-7(11(10)15)13(16)17/h3-4,15H,2,5H2,1H3. The summed E-state index contributed by atoms with van der Waals surface area (Å²) in [5.41, 5.74) is -0.196. The predicted molar refractivity (Wildman–Crippen MR) is 62.7 cm³/mol. The summed E-state index contributed by atoms with van der Waals surface area (Å²) in [5, 5.41) is 24.2. The van der Waals surface area contributed by atoms with Gasteiger partial charge in [-0.3, -0.25) is 14.9 Å². The van der Waals surface area contributed by atoms with Crippen molar-refractivity contribution in [3.8, 4) is 5.75 Å². The largest absolute Gasteiger partial charge is 0.502 e. The fraction of sp³-hybridized carbons (Fsp3) is 0.273. The summed E-state index contributed by atoms with van der Waals surface area (Å²) in [7, 11) is 0. The number of aromatic hydroxyl groups is 1. The lowest BCUT2D eigenvalue weighted by molar-refractivity contribution is -0.385. The number of nitro groups is 1. The summed E-state index contributed by atoms with van der Waals surface area (Å²) in [4.78, 5) is 21.4. The van der Waals surface area contributed by atoms with Gasteiger partial charge in [-0.1, -0.05) is 5.16 Å². The molecule has 0 aliphatic carbocycles. The van der Waals surface area contributed by atoms with Crippen LogP contribution < -0.4 is 0 Å². The van der Waals surface area contributed by atoms with Crippen molar-refractivity contribution in [3.63, 3.8) is 0 Å². The Balaban J connectivity index is 2.48. The smallest absolute Gasteiger partial charge is 0.312 e. The molecule has 0 aliphatic rings. The molecular formula is C11H10N2O6. The molecule has 1 aromatic carbocycles. The number of hydrogen-bond acceptors (Lipinski definition) is 7. The van der Waals surface area contributed by atoms with Gasteiger partial charge in [0, 0.05) is 6.07 Å². The Morgan fingerprint density at radius 2 is 2.32 bits per heavy atom. The summed E-state index contributed by atoms with van der Waals surface area (Å²) >= 11 is 0. The Labute approximate surface area is 106 Å². The highest BCUT2D eigenvalue weighted by Gasteiger charge is 2.23. The maximum atomic E-state index is 11.4. The van der Waals surface area contributed by atoms with Crippen LogP contribution in [-0.4, -0.2) is 27.8 Å². The molecular weight excluding hydrogens is 256 g/mol. The minimum Gasteiger partial charge on any atom is -0.502 e. The molecule has 19 heavy (non-hydrogen) atoms. The highest BCUT2D eigenvalue weighted by atomic mass is 16.6. The van der Waals surface area contributed by atoms with Crippen molar-refractivity contribution in [1.29, 1.82) is 0 Å². The van der Waals surface area contributed by atoms with Crippen molar-refractivity contribution < 1.29 is 24.1 Å². The number of esters is 1. The molecule has 8 nitrogen and oxygen atoms in total. The molecule has 100 valence electrons. The van der Waals surface area contributed by atoms with E-state index in [4.69, 9.17) is 9.26 Å². The fourth-order valence-corrected chi connectivity index (χ4v) is 1.68. The molecule has 0 bridgehead atoms. The zero-order chi connectivity index (χ0) is 14.0. The zero-order valence-corrected chi connectivity index (χ0v) is 9.95. The molecule has 0 aliphatic heterocycles. The molecule has 0 atom stereocenters. The lowest BCUT2D eigenvalue weighted by atomic mass is 10.1. The summed E-state index contributed by atoms with van der Waals surface area (Å²) < 4.78 is 9.65. The molecule has 2 aromatic rings. The lowest BCUT2D eigenvalue weighted by Crippen LogP contribution is -2.07. The number of rotatable bonds is 4. The molecule has 0 fully saturated rings. The van der Waals surface area contributed by atoms with Crippen LogP contribution in [0.25, 0.3) is 11.0 Å². The summed E-state index contributed by atoms with van der Waals surface area (Å²) in [6, 6.07) is 2.42. The Bertz CT molecular complexity index is 648. The highest BCUT2D eigenvalue weighted by Crippen LogP contribution is 2.36. The Morgan fingerprint density at radius 1 is 1.58 bits per heavy atom. The number of phenols is 1. The third-order valence-electron chi connectivity index (χ3n) is 2.47. The second-order valence-electron chi connectivity index (χ2n) is 3.67. The Kier molecular flexibility index (Phi) is 3.32. The van der Waals surface area contributed by atoms with Crippen LogP contribution in [-0.2, 0) is 16.0 Å². The first kappa shape index (κ1) is 12.8. The van der Waals surface area contributed by atoms with Crippen molar-refractivity contribution in [1.82, 2.24) is 5.16 Å². The third kappa shape index (κ3) is 2.32. The molecule has 8 heteroatoms. The second-order valence-corrected chi connectivity index (χ2v) is 3.67. The van der Waals surface area contributed by atoms with Crippen LogP contribution in [0, 0.1) is 10.1 Å². The van der Waals surface area contributed by atoms with Gasteiger partial charge in [-0.05, 0) is 13.0 Å². The van der Waals surface area contributed by atoms with Crippen LogP contribution >= 0.6 is 0 Å². The Morgan fingerprint density at radius 3 is 2.95 bits per heavy atom. The van der Waals surface area contributed by atoms with Gasteiger partial charge in [-0.25, -0.2) is 0 Å². The normalized spacial score (nSPS) is 10.6. The highest BCUT2D eigenvalue weighted by molar-refractivity contribution is 5.92. The summed E-state index contributed by atoms with van der Waals surface area (Å²) in [6.07, 6.45) is -0.227. The van der Waals surface area contributed by atoms with E-state index in [0.717, 1.165) is 6.07 Å². The SMILES string of the molecule is CCOC(=O)Cc1noc2ccc([N+](=O)[O-])c(O)c12. The van der Waals surface area contributed by atoms with Gasteiger partial charge >= 0.3 is 11.7 Å². The molecule has 0 radical (unpaired) electrons. The average Bonchev–Trinajstić information content (AvgIpc) is 2.73. The van der Waals surface area contributed by atoms with E-state index in [9.17, 15) is 20.0 Å². The van der Waals surface area contributed by atoms with E-state index in [1.807, 2.05) is 0 Å². The number of aromatic nitrogens is 1. The second kappa shape index (κ2) is 4.92. The van der Waals surface area contributed by atoms with E-state index >= 15 is 0 Å². The maximum absolute atomic E-state index is 11.4. The van der Waals surface area contributed by atoms with E-state index in [1.54, 1.807) is 6.92 Å². The van der Waals surface area contributed by atoms with E-state index < -0.39 is 22.3 Å². The van der Waals surface area contributed by atoms with Crippen LogP contribution in [0.1, 0.15) is 12.6 Å². The van der Waals surface area contributed by atoms with Crippen molar-refractivity contribution in [2.75, 3.05) is 6.61 Å². The first-order valence-electron chi connectivity index (χ1n) is 5.44. The Hall–Kier alpha value is -2.64. The van der Waals surface area contributed by atoms with Crippen LogP contribution in [0.15, 0.2) is 16.7 Å². The van der Waals surface area contributed by atoms with Crippen LogP contribution in [0.4, 0.5) is 5.69 Å². The monoisotopic (exact) mass is 266 g/mol. The first-order chi connectivity index (χ1) is 9.04. The van der Waals surface area contributed by atoms with E-state index in [-0.39, 0.29) is 29.7 Å². The number of benzene rings is 1. The van der Waals surface area contributed by atoms with Crippen LogP contribution in [0.3, 0.4) is 0 Å². The first-order valence-corrected chi connectivity index (χ1v) is 5.44. The van der Waals surface area contributed by atoms with Crippen molar-refractivity contribution in [2.45, 2.75) is 13.3 Å². The maximum Gasteiger partial charge on any atom is 0.312 e. The number of hydrogen-bond donors (Lipinski definition) is 1. The molecule has 0 saturated heterocycles. The van der Waals surface area contributed by atoms with E-state index in [1.165, 1.54) is 6.07 Å². The fourth-order valence-electron chi connectivity index (χ4n) is 1.68. The topological polar surface area (TPSA) is 116 Å². The van der Waals surface area contributed by atoms with Gasteiger partial charge < -0.3 is 14.4 Å². The molecule has 1 N–H and O–H groups in total. The minimum atomic E-state index is -0.726. The lowest BCUT2D eigenvalue weighted by Gasteiger charge is -2.00.